The van der Waals surface area contributed by atoms with Crippen molar-refractivity contribution in [2.75, 3.05) is 7.11 Å². The van der Waals surface area contributed by atoms with E-state index >= 15 is 0 Å². The summed E-state index contributed by atoms with van der Waals surface area (Å²) < 4.78 is 10.3. The van der Waals surface area contributed by atoms with Gasteiger partial charge in [-0.2, -0.15) is 5.26 Å². The Kier molecular flexibility index (Phi) is 4.35. The van der Waals surface area contributed by atoms with Crippen LogP contribution in [0.25, 0.3) is 0 Å². The van der Waals surface area contributed by atoms with Crippen molar-refractivity contribution in [3.63, 3.8) is 0 Å². The Bertz CT molecular complexity index is 642. The first-order chi connectivity index (χ1) is 9.74. The topological polar surface area (TPSA) is 59.3 Å². The van der Waals surface area contributed by atoms with E-state index in [1.165, 1.54) is 7.11 Å². The van der Waals surface area contributed by atoms with E-state index in [-0.39, 0.29) is 6.61 Å². The summed E-state index contributed by atoms with van der Waals surface area (Å²) in [5.41, 5.74) is 1.79. The van der Waals surface area contributed by atoms with Crippen molar-refractivity contribution >= 4 is 5.97 Å². The highest BCUT2D eigenvalue weighted by atomic mass is 16.5. The Balaban J connectivity index is 2.03. The van der Waals surface area contributed by atoms with Crippen molar-refractivity contribution < 1.29 is 14.3 Å². The van der Waals surface area contributed by atoms with Gasteiger partial charge in [-0.25, -0.2) is 4.79 Å². The summed E-state index contributed by atoms with van der Waals surface area (Å²) in [6.07, 6.45) is 0. The summed E-state index contributed by atoms with van der Waals surface area (Å²) >= 11 is 0. The molecule has 0 aliphatic rings. The number of para-hydroxylation sites is 1. The van der Waals surface area contributed by atoms with Gasteiger partial charge in [-0.3, -0.25) is 0 Å². The van der Waals surface area contributed by atoms with Crippen LogP contribution in [0, 0.1) is 11.3 Å². The second-order valence-corrected chi connectivity index (χ2v) is 4.09. The zero-order chi connectivity index (χ0) is 14.4. The monoisotopic (exact) mass is 267 g/mol. The summed E-state index contributed by atoms with van der Waals surface area (Å²) in [4.78, 5) is 12.0. The first-order valence-electron chi connectivity index (χ1n) is 6.04. The molecular formula is C16H13NO3. The van der Waals surface area contributed by atoms with Crippen LogP contribution in [0.2, 0.25) is 0 Å². The van der Waals surface area contributed by atoms with Gasteiger partial charge >= 0.3 is 5.97 Å². The van der Waals surface area contributed by atoms with Crippen LogP contribution < -0.4 is 4.74 Å². The van der Waals surface area contributed by atoms with Crippen molar-refractivity contribution in [1.82, 2.24) is 0 Å². The minimum absolute atomic E-state index is 0.155. The molecule has 0 fully saturated rings. The molecular weight excluding hydrogens is 254 g/mol. The number of carbonyl (C=O) groups excluding carboxylic acids is 1. The molecule has 2 aromatic carbocycles. The third-order valence-corrected chi connectivity index (χ3v) is 2.78. The number of rotatable bonds is 4. The Morgan fingerprint density at radius 2 is 1.85 bits per heavy atom. The van der Waals surface area contributed by atoms with Crippen molar-refractivity contribution in [2.24, 2.45) is 0 Å². The van der Waals surface area contributed by atoms with E-state index in [0.29, 0.717) is 16.9 Å². The smallest absolute Gasteiger partial charge is 0.342 e. The minimum atomic E-state index is -0.438. The third-order valence-electron chi connectivity index (χ3n) is 2.78. The van der Waals surface area contributed by atoms with Crippen LogP contribution in [0.15, 0.2) is 48.5 Å². The Morgan fingerprint density at radius 1 is 1.15 bits per heavy atom. The normalized spacial score (nSPS) is 9.60. The van der Waals surface area contributed by atoms with E-state index in [1.807, 2.05) is 6.07 Å². The molecule has 0 atom stereocenters. The molecule has 2 rings (SSSR count). The molecule has 0 N–H and O–H groups in total. The summed E-state index contributed by atoms with van der Waals surface area (Å²) in [5.74, 6) is 0.0455. The summed E-state index contributed by atoms with van der Waals surface area (Å²) in [6, 6.07) is 15.8. The van der Waals surface area contributed by atoms with Crippen molar-refractivity contribution in [2.45, 2.75) is 6.61 Å². The van der Waals surface area contributed by atoms with Crippen molar-refractivity contribution in [3.05, 3.63) is 65.2 Å². The van der Waals surface area contributed by atoms with Crippen molar-refractivity contribution in [1.29, 1.82) is 5.26 Å². The Labute approximate surface area is 117 Å². The van der Waals surface area contributed by atoms with Gasteiger partial charge in [0.2, 0.25) is 0 Å². The first-order valence-corrected chi connectivity index (χ1v) is 6.04. The van der Waals surface area contributed by atoms with Crippen molar-refractivity contribution in [3.8, 4) is 11.8 Å². The predicted octanol–water partition coefficient (Wildman–Crippen LogP) is 2.92. The molecule has 0 bridgehead atoms. The lowest BCUT2D eigenvalue weighted by Gasteiger charge is -2.08. The van der Waals surface area contributed by atoms with Gasteiger partial charge in [-0.1, -0.05) is 24.3 Å². The highest BCUT2D eigenvalue weighted by molar-refractivity contribution is 5.92. The highest BCUT2D eigenvalue weighted by Gasteiger charge is 2.12. The van der Waals surface area contributed by atoms with Crippen LogP contribution in [0.1, 0.15) is 21.5 Å². The van der Waals surface area contributed by atoms with E-state index in [9.17, 15) is 4.79 Å². The van der Waals surface area contributed by atoms with E-state index in [1.54, 1.807) is 48.5 Å². The molecule has 0 unspecified atom stereocenters. The number of benzene rings is 2. The molecule has 4 heteroatoms. The molecule has 0 radical (unpaired) electrons. The average Bonchev–Trinajstić information content (AvgIpc) is 2.53. The fourth-order valence-electron chi connectivity index (χ4n) is 1.72. The van der Waals surface area contributed by atoms with E-state index < -0.39 is 5.97 Å². The maximum atomic E-state index is 12.0. The molecule has 0 amide bonds. The first kappa shape index (κ1) is 13.6. The number of carbonyl (C=O) groups is 1. The number of hydrogen-bond donors (Lipinski definition) is 0. The van der Waals surface area contributed by atoms with Gasteiger partial charge in [0.15, 0.2) is 0 Å². The second-order valence-electron chi connectivity index (χ2n) is 4.09. The maximum absolute atomic E-state index is 12.0. The number of hydrogen-bond acceptors (Lipinski definition) is 4. The van der Waals surface area contributed by atoms with Crippen LogP contribution in [-0.2, 0) is 11.3 Å². The lowest BCUT2D eigenvalue weighted by atomic mass is 10.1. The number of methoxy groups -OCH3 is 1. The van der Waals surface area contributed by atoms with E-state index in [4.69, 9.17) is 14.7 Å². The fraction of sp³-hybridized carbons (Fsp3) is 0.125. The molecule has 0 aromatic heterocycles. The zero-order valence-corrected chi connectivity index (χ0v) is 11.0. The van der Waals surface area contributed by atoms with Crippen LogP contribution in [-0.4, -0.2) is 13.1 Å². The quantitative estimate of drug-likeness (QED) is 0.799. The largest absolute Gasteiger partial charge is 0.496 e. The molecule has 0 spiro atoms. The summed E-state index contributed by atoms with van der Waals surface area (Å²) in [5, 5.41) is 8.70. The number of nitrogens with zero attached hydrogens (tertiary/aromatic N) is 1. The molecule has 20 heavy (non-hydrogen) atoms. The summed E-state index contributed by atoms with van der Waals surface area (Å²) in [7, 11) is 1.51. The standard InChI is InChI=1S/C16H13NO3/c1-19-15-5-3-2-4-14(15)16(18)20-11-13-8-6-12(10-17)7-9-13/h2-9H,11H2,1H3. The lowest BCUT2D eigenvalue weighted by Crippen LogP contribution is -2.07. The predicted molar refractivity (Wildman–Crippen MR) is 73.3 cm³/mol. The third kappa shape index (κ3) is 3.15. The second kappa shape index (κ2) is 6.39. The van der Waals surface area contributed by atoms with Gasteiger partial charge < -0.3 is 9.47 Å². The Hall–Kier alpha value is -2.80. The average molecular weight is 267 g/mol. The van der Waals surface area contributed by atoms with E-state index in [2.05, 4.69) is 0 Å². The van der Waals surface area contributed by atoms with Gasteiger partial charge in [-0.05, 0) is 29.8 Å². The number of ether oxygens (including phenoxy) is 2. The summed E-state index contributed by atoms with van der Waals surface area (Å²) in [6.45, 7) is 0.155. The van der Waals surface area contributed by atoms with Crippen LogP contribution in [0.4, 0.5) is 0 Å². The molecule has 100 valence electrons. The number of esters is 1. The molecule has 0 saturated carbocycles. The lowest BCUT2D eigenvalue weighted by molar-refractivity contribution is 0.0469. The van der Waals surface area contributed by atoms with Crippen LogP contribution >= 0.6 is 0 Å². The fourth-order valence-corrected chi connectivity index (χ4v) is 1.72. The number of nitriles is 1. The zero-order valence-electron chi connectivity index (χ0n) is 11.0. The molecule has 4 nitrogen and oxygen atoms in total. The molecule has 0 saturated heterocycles. The maximum Gasteiger partial charge on any atom is 0.342 e. The SMILES string of the molecule is COc1ccccc1C(=O)OCc1ccc(C#N)cc1. The molecule has 2 aromatic rings. The van der Waals surface area contributed by atoms with Crippen LogP contribution in [0.5, 0.6) is 5.75 Å². The molecule has 0 heterocycles. The minimum Gasteiger partial charge on any atom is -0.496 e. The Morgan fingerprint density at radius 3 is 2.50 bits per heavy atom. The van der Waals surface area contributed by atoms with Gasteiger partial charge in [0.05, 0.1) is 18.7 Å². The van der Waals surface area contributed by atoms with Gasteiger partial charge in [0.1, 0.15) is 17.9 Å². The van der Waals surface area contributed by atoms with Crippen LogP contribution in [0.3, 0.4) is 0 Å². The van der Waals surface area contributed by atoms with E-state index in [0.717, 1.165) is 5.56 Å². The molecule has 0 aliphatic carbocycles. The van der Waals surface area contributed by atoms with Gasteiger partial charge in [0.25, 0.3) is 0 Å². The highest BCUT2D eigenvalue weighted by Crippen LogP contribution is 2.18. The van der Waals surface area contributed by atoms with Gasteiger partial charge in [-0.15, -0.1) is 0 Å². The molecule has 0 aliphatic heterocycles. The van der Waals surface area contributed by atoms with Gasteiger partial charge in [0, 0.05) is 0 Å².